The third kappa shape index (κ3) is 9.54. The fourth-order valence-electron chi connectivity index (χ4n) is 3.14. The van der Waals surface area contributed by atoms with Crippen LogP contribution in [0.25, 0.3) is 11.0 Å². The summed E-state index contributed by atoms with van der Waals surface area (Å²) < 4.78 is 30.2. The van der Waals surface area contributed by atoms with Crippen molar-refractivity contribution in [2.75, 3.05) is 19.8 Å². The van der Waals surface area contributed by atoms with Crippen molar-refractivity contribution in [2.45, 2.75) is 58.9 Å². The minimum absolute atomic E-state index is 0.139. The highest BCUT2D eigenvalue weighted by Crippen LogP contribution is 2.47. The quantitative estimate of drug-likeness (QED) is 0.0684. The number of ether oxygens (including phenoxy) is 1. The van der Waals surface area contributed by atoms with E-state index in [1.807, 2.05) is 12.1 Å². The molecule has 0 bridgehead atoms. The van der Waals surface area contributed by atoms with Gasteiger partial charge in [0.25, 0.3) is 8.53 Å². The van der Waals surface area contributed by atoms with Crippen LogP contribution in [0.15, 0.2) is 39.5 Å². The molecule has 0 spiro atoms. The summed E-state index contributed by atoms with van der Waals surface area (Å²) in [6, 6.07) is 11.1. The predicted molar refractivity (Wildman–Crippen MR) is 133 cm³/mol. The van der Waals surface area contributed by atoms with E-state index >= 15 is 0 Å². The van der Waals surface area contributed by atoms with Crippen molar-refractivity contribution in [1.29, 1.82) is 5.26 Å². The van der Waals surface area contributed by atoms with E-state index in [1.165, 1.54) is 6.07 Å². The van der Waals surface area contributed by atoms with Crippen LogP contribution in [0.4, 0.5) is 0 Å². The van der Waals surface area contributed by atoms with Gasteiger partial charge < -0.3 is 18.2 Å². The topological polar surface area (TPSA) is 103 Å². The SMILES string of the molecule is CC(C)N(C(C)C)P(OCCC#N)OC(COCc1ccc2ccc(=O)oc2c1)COOI. The Morgan fingerprint density at radius 1 is 1.15 bits per heavy atom. The zero-order valence-electron chi connectivity index (χ0n) is 19.2. The molecule has 0 aliphatic heterocycles. The van der Waals surface area contributed by atoms with Crippen molar-refractivity contribution in [2.24, 2.45) is 0 Å². The molecule has 2 rings (SSSR count). The molecule has 9 nitrogen and oxygen atoms in total. The Bertz CT molecular complexity index is 942. The monoisotopic (exact) mass is 592 g/mol. The fourth-order valence-corrected chi connectivity index (χ4v) is 4.96. The van der Waals surface area contributed by atoms with Crippen LogP contribution in [0.1, 0.15) is 39.7 Å². The normalized spacial score (nSPS) is 13.7. The molecule has 0 aliphatic carbocycles. The minimum atomic E-state index is -1.45. The number of halogens is 1. The summed E-state index contributed by atoms with van der Waals surface area (Å²) >= 11 is 1.65. The van der Waals surface area contributed by atoms with Gasteiger partial charge >= 0.3 is 5.63 Å². The van der Waals surface area contributed by atoms with E-state index in [9.17, 15) is 4.79 Å². The predicted octanol–water partition coefficient (Wildman–Crippen LogP) is 5.27. The lowest BCUT2D eigenvalue weighted by Gasteiger charge is -2.37. The summed E-state index contributed by atoms with van der Waals surface area (Å²) in [6.07, 6.45) is -0.190. The second-order valence-electron chi connectivity index (χ2n) is 7.76. The highest BCUT2D eigenvalue weighted by molar-refractivity contribution is 14.1. The van der Waals surface area contributed by atoms with Crippen molar-refractivity contribution >= 4 is 42.5 Å². The Morgan fingerprint density at radius 2 is 1.88 bits per heavy atom. The van der Waals surface area contributed by atoms with Gasteiger partial charge in [0.05, 0.1) is 32.3 Å². The van der Waals surface area contributed by atoms with Gasteiger partial charge in [-0.05, 0) is 45.4 Å². The Kier molecular flexibility index (Phi) is 12.7. The summed E-state index contributed by atoms with van der Waals surface area (Å²) in [5.74, 6) is 0. The van der Waals surface area contributed by atoms with Gasteiger partial charge in [0.1, 0.15) is 18.3 Å². The lowest BCUT2D eigenvalue weighted by Crippen LogP contribution is -2.36. The van der Waals surface area contributed by atoms with Crippen LogP contribution in [0.5, 0.6) is 0 Å². The van der Waals surface area contributed by atoms with Crippen molar-refractivity contribution in [3.05, 3.63) is 46.3 Å². The molecule has 2 aromatic rings. The highest BCUT2D eigenvalue weighted by atomic mass is 127. The number of nitrogens with zero attached hydrogens (tertiary/aromatic N) is 2. The molecule has 0 saturated heterocycles. The first-order valence-corrected chi connectivity index (χ1v) is 12.6. The molecule has 1 heterocycles. The Hall–Kier alpha value is -1.16. The van der Waals surface area contributed by atoms with Crippen LogP contribution in [-0.2, 0) is 28.5 Å². The average molecular weight is 592 g/mol. The number of benzene rings is 1. The van der Waals surface area contributed by atoms with Gasteiger partial charge in [0.15, 0.2) is 23.0 Å². The van der Waals surface area contributed by atoms with Crippen LogP contribution in [0.3, 0.4) is 0 Å². The van der Waals surface area contributed by atoms with E-state index < -0.39 is 20.3 Å². The van der Waals surface area contributed by atoms with Crippen molar-refractivity contribution in [1.82, 2.24) is 4.67 Å². The summed E-state index contributed by atoms with van der Waals surface area (Å²) in [7, 11) is -1.45. The van der Waals surface area contributed by atoms with Gasteiger partial charge in [-0.25, -0.2) is 14.4 Å². The van der Waals surface area contributed by atoms with Gasteiger partial charge in [-0.1, -0.05) is 12.1 Å². The number of nitriles is 1. The second kappa shape index (κ2) is 15.0. The van der Waals surface area contributed by atoms with Gasteiger partial charge in [0.2, 0.25) is 0 Å². The maximum absolute atomic E-state index is 11.5. The number of hydrogen-bond donors (Lipinski definition) is 0. The molecule has 0 N–H and O–H groups in total. The van der Waals surface area contributed by atoms with Gasteiger partial charge in [-0.3, -0.25) is 0 Å². The Labute approximate surface area is 209 Å². The molecule has 2 atom stereocenters. The first kappa shape index (κ1) is 28.1. The molecule has 1 aromatic carbocycles. The standard InChI is InChI=1S/C22H30IN2O7P/c1-16(2)25(17(3)4)33(29-11-5-10-24)31-20(15-28-32-23)14-27-13-18-6-7-19-8-9-22(26)30-21(19)12-18/h6-9,12,16-17,20H,5,11,13-15H2,1-4H3. The van der Waals surface area contributed by atoms with Gasteiger partial charge in [0, 0.05) is 23.5 Å². The average Bonchev–Trinajstić information content (AvgIpc) is 2.76. The van der Waals surface area contributed by atoms with Gasteiger partial charge in [-0.2, -0.15) is 8.48 Å². The summed E-state index contributed by atoms with van der Waals surface area (Å²) in [5.41, 5.74) is 0.978. The van der Waals surface area contributed by atoms with Crippen LogP contribution in [0, 0.1) is 11.3 Å². The summed E-state index contributed by atoms with van der Waals surface area (Å²) in [4.78, 5) is 16.6. The molecule has 33 heavy (non-hydrogen) atoms. The fraction of sp³-hybridized carbons (Fsp3) is 0.545. The molecule has 2 unspecified atom stereocenters. The second-order valence-corrected chi connectivity index (χ2v) is 9.53. The third-order valence-electron chi connectivity index (χ3n) is 4.46. The molecule has 182 valence electrons. The van der Waals surface area contributed by atoms with Crippen molar-refractivity contribution in [3.63, 3.8) is 0 Å². The molecule has 0 radical (unpaired) electrons. The zero-order valence-corrected chi connectivity index (χ0v) is 22.3. The molecule has 1 aromatic heterocycles. The van der Waals surface area contributed by atoms with Crippen LogP contribution in [-0.4, -0.2) is 42.7 Å². The van der Waals surface area contributed by atoms with E-state index in [4.69, 9.17) is 31.6 Å². The molecular formula is C22H30IN2O7P. The molecule has 11 heteroatoms. The van der Waals surface area contributed by atoms with Crippen LogP contribution in [0.2, 0.25) is 0 Å². The molecule has 0 aliphatic rings. The molecule has 0 amide bonds. The lowest BCUT2D eigenvalue weighted by atomic mass is 10.1. The Morgan fingerprint density at radius 3 is 2.55 bits per heavy atom. The van der Waals surface area contributed by atoms with E-state index in [1.54, 1.807) is 35.1 Å². The van der Waals surface area contributed by atoms with Crippen molar-refractivity contribution < 1.29 is 26.3 Å². The number of rotatable bonds is 15. The van der Waals surface area contributed by atoms with E-state index in [-0.39, 0.29) is 38.3 Å². The maximum Gasteiger partial charge on any atom is 0.336 e. The lowest BCUT2D eigenvalue weighted by molar-refractivity contribution is -0.190. The first-order chi connectivity index (χ1) is 15.8. The van der Waals surface area contributed by atoms with Crippen molar-refractivity contribution in [3.8, 4) is 6.07 Å². The van der Waals surface area contributed by atoms with Gasteiger partial charge in [-0.15, -0.1) is 0 Å². The summed E-state index contributed by atoms with van der Waals surface area (Å²) in [6.45, 7) is 9.21. The Balaban J connectivity index is 2.06. The highest BCUT2D eigenvalue weighted by Gasteiger charge is 2.30. The van der Waals surface area contributed by atoms with Crippen LogP contribution < -0.4 is 5.63 Å². The maximum atomic E-state index is 11.5. The number of hydrogen-bond acceptors (Lipinski definition) is 9. The summed E-state index contributed by atoms with van der Waals surface area (Å²) in [5, 5.41) is 9.72. The third-order valence-corrected chi connectivity index (χ3v) is 6.90. The first-order valence-electron chi connectivity index (χ1n) is 10.6. The zero-order chi connectivity index (χ0) is 24.2. The largest absolute Gasteiger partial charge is 0.423 e. The van der Waals surface area contributed by atoms with E-state index in [0.29, 0.717) is 12.2 Å². The number of fused-ring (bicyclic) bond motifs is 1. The smallest absolute Gasteiger partial charge is 0.336 e. The minimum Gasteiger partial charge on any atom is -0.423 e. The molecule has 0 saturated carbocycles. The van der Waals surface area contributed by atoms with Crippen LogP contribution >= 0.6 is 31.5 Å². The van der Waals surface area contributed by atoms with E-state index in [0.717, 1.165) is 10.9 Å². The molecular weight excluding hydrogens is 562 g/mol. The molecule has 0 fully saturated rings. The van der Waals surface area contributed by atoms with E-state index in [2.05, 4.69) is 38.4 Å².